The molecule has 1 unspecified atom stereocenters. The molecule has 2 aromatic rings. The summed E-state index contributed by atoms with van der Waals surface area (Å²) in [5.41, 5.74) is -3.31. The highest BCUT2D eigenvalue weighted by molar-refractivity contribution is 6.10. The highest BCUT2D eigenvalue weighted by Gasteiger charge is 2.77. The summed E-state index contributed by atoms with van der Waals surface area (Å²) in [5.74, 6) is -29.7. The van der Waals surface area contributed by atoms with E-state index in [-0.39, 0.29) is 38.7 Å². The molecule has 3 aliphatic rings. The molecule has 3 amide bonds. The number of hydrogen-bond donors (Lipinski definition) is 15. The Morgan fingerprint density at radius 1 is 0.761 bits per heavy atom. The van der Waals surface area contributed by atoms with Crippen molar-refractivity contribution >= 4 is 23.4 Å². The number of anilines is 1. The number of nitrogens with one attached hydrogen (secondary N) is 2. The van der Waals surface area contributed by atoms with Gasteiger partial charge in [-0.1, -0.05) is 30.3 Å². The first kappa shape index (κ1) is 33.6. The highest BCUT2D eigenvalue weighted by Crippen LogP contribution is 2.43. The number of nitrogens with zero attached hydrogens (tertiary/aromatic N) is 2. The molecule has 2 saturated heterocycles. The van der Waals surface area contributed by atoms with E-state index in [1.165, 1.54) is 47.8 Å². The van der Waals surface area contributed by atoms with E-state index in [4.69, 9.17) is 0 Å². The molecule has 3 heterocycles. The van der Waals surface area contributed by atoms with Crippen LogP contribution in [0, 0.1) is 0 Å². The molecule has 0 bridgehead atoms. The molecule has 3 aliphatic heterocycles. The Balaban J connectivity index is 1.38. The lowest BCUT2D eigenvalue weighted by atomic mass is 9.86. The Labute approximate surface area is 255 Å². The molecule has 21 nitrogen and oxygen atoms in total. The number of piperidine rings is 1. The Bertz CT molecular complexity index is 1600. The third-order valence-corrected chi connectivity index (χ3v) is 7.92. The van der Waals surface area contributed by atoms with Crippen LogP contribution in [0.2, 0.25) is 0 Å². The van der Waals surface area contributed by atoms with E-state index < -0.39 is 71.9 Å². The summed E-state index contributed by atoms with van der Waals surface area (Å²) in [6, 6.07) is 9.59. The molecule has 21 heteroatoms. The zero-order chi connectivity index (χ0) is 34.5. The molecule has 0 aliphatic carbocycles. The minimum Gasteiger partial charge on any atom is -0.381 e. The third-order valence-electron chi connectivity index (χ3n) is 7.92. The fraction of sp³-hybridized carbons (Fsp3) is 0.400. The summed E-state index contributed by atoms with van der Waals surface area (Å²) in [6.07, 6.45) is 0. The SMILES string of the molecule is O=C1c2cccc(NCc3cccc(CN4C(O)(O)C(O)(O)OC(O)(O)C4(O)O)c3)c2CN1C1(O)C(=O)NC(=O)C(O)(O)C1(O)O. The maximum atomic E-state index is 13.2. The van der Waals surface area contributed by atoms with E-state index in [0.29, 0.717) is 5.56 Å². The molecular formula is C25H28N4O17. The number of morpholine rings is 1. The van der Waals surface area contributed by atoms with Gasteiger partial charge in [0.25, 0.3) is 29.2 Å². The molecule has 46 heavy (non-hydrogen) atoms. The van der Waals surface area contributed by atoms with E-state index in [9.17, 15) is 80.8 Å². The zero-order valence-corrected chi connectivity index (χ0v) is 23.0. The molecule has 0 radical (unpaired) electrons. The van der Waals surface area contributed by atoms with Crippen LogP contribution in [0.1, 0.15) is 27.0 Å². The van der Waals surface area contributed by atoms with Crippen LogP contribution in [0.15, 0.2) is 42.5 Å². The van der Waals surface area contributed by atoms with E-state index >= 15 is 0 Å². The lowest BCUT2D eigenvalue weighted by molar-refractivity contribution is -0.659. The molecule has 15 N–H and O–H groups in total. The predicted octanol–water partition coefficient (Wildman–Crippen LogP) is -7.65. The van der Waals surface area contributed by atoms with Gasteiger partial charge in [-0.15, -0.1) is 0 Å². The topological polar surface area (TPSA) is 354 Å². The summed E-state index contributed by atoms with van der Waals surface area (Å²) in [4.78, 5) is 37.5. The van der Waals surface area contributed by atoms with Gasteiger partial charge in [0.15, 0.2) is 0 Å². The van der Waals surface area contributed by atoms with Gasteiger partial charge in [0.1, 0.15) is 0 Å². The van der Waals surface area contributed by atoms with Crippen molar-refractivity contribution in [3.05, 3.63) is 64.7 Å². The van der Waals surface area contributed by atoms with Gasteiger partial charge in [-0.2, -0.15) is 4.90 Å². The number of ether oxygens (including phenoxy) is 1. The van der Waals surface area contributed by atoms with Crippen molar-refractivity contribution in [2.24, 2.45) is 0 Å². The molecule has 0 aromatic heterocycles. The Hall–Kier alpha value is -3.75. The van der Waals surface area contributed by atoms with E-state index in [2.05, 4.69) is 10.1 Å². The first-order valence-corrected chi connectivity index (χ1v) is 12.9. The molecule has 250 valence electrons. The average molecular weight is 657 g/mol. The lowest BCUT2D eigenvalue weighted by Gasteiger charge is -2.55. The normalized spacial score (nSPS) is 27.2. The van der Waals surface area contributed by atoms with Gasteiger partial charge >= 0.3 is 29.6 Å². The summed E-state index contributed by atoms with van der Waals surface area (Å²) >= 11 is 0. The van der Waals surface area contributed by atoms with Crippen molar-refractivity contribution in [1.29, 1.82) is 0 Å². The quantitative estimate of drug-likeness (QED) is 0.101. The van der Waals surface area contributed by atoms with E-state index in [0.717, 1.165) is 0 Å². The van der Waals surface area contributed by atoms with Crippen LogP contribution >= 0.6 is 0 Å². The number of carbonyl (C=O) groups excluding carboxylic acids is 3. The Morgan fingerprint density at radius 3 is 1.93 bits per heavy atom. The lowest BCUT2D eigenvalue weighted by Crippen LogP contribution is -2.85. The summed E-state index contributed by atoms with van der Waals surface area (Å²) < 4.78 is 3.84. The van der Waals surface area contributed by atoms with Gasteiger partial charge in [-0.05, 0) is 23.3 Å². The largest absolute Gasteiger partial charge is 0.381 e. The fourth-order valence-electron chi connectivity index (χ4n) is 5.25. The monoisotopic (exact) mass is 656 g/mol. The summed E-state index contributed by atoms with van der Waals surface area (Å²) in [6.45, 7) is -1.80. The minimum atomic E-state index is -4.29. The zero-order valence-electron chi connectivity index (χ0n) is 23.0. The van der Waals surface area contributed by atoms with E-state index in [1.54, 1.807) is 0 Å². The Kier molecular flexibility index (Phi) is 7.40. The van der Waals surface area contributed by atoms with Gasteiger partial charge in [0.2, 0.25) is 0 Å². The van der Waals surface area contributed by atoms with Crippen LogP contribution in [0.5, 0.6) is 0 Å². The molecule has 0 saturated carbocycles. The number of rotatable bonds is 6. The predicted molar refractivity (Wildman–Crippen MR) is 138 cm³/mol. The fourth-order valence-corrected chi connectivity index (χ4v) is 5.25. The third kappa shape index (κ3) is 4.51. The molecule has 1 atom stereocenters. The second-order valence-corrected chi connectivity index (χ2v) is 10.9. The van der Waals surface area contributed by atoms with Crippen molar-refractivity contribution in [2.45, 2.75) is 60.7 Å². The molecule has 2 aromatic carbocycles. The number of aliphatic hydroxyl groups is 13. The van der Waals surface area contributed by atoms with Crippen LogP contribution < -0.4 is 10.6 Å². The number of fused-ring (bicyclic) bond motifs is 1. The number of amides is 3. The van der Waals surface area contributed by atoms with E-state index in [1.807, 2.05) is 0 Å². The highest BCUT2D eigenvalue weighted by atomic mass is 16.9. The number of benzene rings is 2. The van der Waals surface area contributed by atoms with Crippen LogP contribution in [0.25, 0.3) is 0 Å². The maximum Gasteiger partial charge on any atom is 0.356 e. The maximum absolute atomic E-state index is 13.2. The van der Waals surface area contributed by atoms with Crippen molar-refractivity contribution in [3.63, 3.8) is 0 Å². The molecular weight excluding hydrogens is 628 g/mol. The standard InChI is InChI=1S/C25H28N4O17/c30-16-13-5-2-6-15(14(13)10-28(16)19(33)17(31)27-18(32)20(34,35)21(19,36)37)26-8-11-3-1-4-12(7-11)9-29-22(38,39)24(42,43)46-25(44,45)23(29,40)41/h1-7,26,33-45H,8-10H2,(H,27,31,32). The summed E-state index contributed by atoms with van der Waals surface area (Å²) in [7, 11) is 0. The van der Waals surface area contributed by atoms with Crippen molar-refractivity contribution in [1.82, 2.24) is 15.1 Å². The average Bonchev–Trinajstić information content (AvgIpc) is 3.29. The van der Waals surface area contributed by atoms with Gasteiger partial charge in [-0.25, -0.2) is 0 Å². The minimum absolute atomic E-state index is 0.00574. The van der Waals surface area contributed by atoms with Gasteiger partial charge in [-0.3, -0.25) is 29.3 Å². The molecule has 5 rings (SSSR count). The Morgan fingerprint density at radius 2 is 1.33 bits per heavy atom. The first-order valence-electron chi connectivity index (χ1n) is 12.9. The number of carbonyl (C=O) groups is 3. The smallest absolute Gasteiger partial charge is 0.356 e. The second kappa shape index (κ2) is 10.1. The number of imide groups is 1. The molecule has 0 spiro atoms. The molecule has 2 fully saturated rings. The van der Waals surface area contributed by atoms with Crippen LogP contribution in [-0.4, -0.2) is 135 Å². The second-order valence-electron chi connectivity index (χ2n) is 10.9. The van der Waals surface area contributed by atoms with Crippen molar-refractivity contribution in [2.75, 3.05) is 5.32 Å². The first-order chi connectivity index (χ1) is 20.9. The van der Waals surface area contributed by atoms with Crippen LogP contribution in [0.3, 0.4) is 0 Å². The summed E-state index contributed by atoms with van der Waals surface area (Å²) in [5, 5.41) is 136. The van der Waals surface area contributed by atoms with Crippen LogP contribution in [-0.2, 0) is 34.0 Å². The van der Waals surface area contributed by atoms with Gasteiger partial charge < -0.3 is 71.7 Å². The van der Waals surface area contributed by atoms with Crippen molar-refractivity contribution in [3.8, 4) is 0 Å². The number of hydrogen-bond acceptors (Lipinski definition) is 19. The van der Waals surface area contributed by atoms with Crippen LogP contribution in [0.4, 0.5) is 5.69 Å². The van der Waals surface area contributed by atoms with Gasteiger partial charge in [0.05, 0.1) is 6.54 Å². The van der Waals surface area contributed by atoms with Crippen molar-refractivity contribution < 1.29 is 85.5 Å². The van der Waals surface area contributed by atoms with Gasteiger partial charge in [0, 0.05) is 29.9 Å².